The first-order valence-electron chi connectivity index (χ1n) is 15.4. The summed E-state index contributed by atoms with van der Waals surface area (Å²) < 4.78 is 0. The van der Waals surface area contributed by atoms with Gasteiger partial charge in [0.15, 0.2) is 0 Å². The molecule has 8 rings (SSSR count). The molecule has 1 unspecified atom stereocenters. The first-order valence-corrected chi connectivity index (χ1v) is 16.4. The first-order chi connectivity index (χ1) is 19.4. The number of unbranched alkanes of at least 4 members (excludes halogenated alkanes) is 1. The van der Waals surface area contributed by atoms with Gasteiger partial charge in [0.2, 0.25) is 11.8 Å². The average molecular weight is 557 g/mol. The van der Waals surface area contributed by atoms with Crippen LogP contribution in [0, 0.1) is 23.2 Å². The van der Waals surface area contributed by atoms with Crippen LogP contribution in [0.2, 0.25) is 0 Å². The minimum Gasteiger partial charge on any atom is -0.322 e. The number of nitrogens with zero attached hydrogens (tertiary/aromatic N) is 1. The minimum atomic E-state index is -0.574. The van der Waals surface area contributed by atoms with Crippen LogP contribution in [0.15, 0.2) is 47.4 Å². The van der Waals surface area contributed by atoms with E-state index in [0.717, 1.165) is 34.0 Å². The molecule has 2 heterocycles. The van der Waals surface area contributed by atoms with Gasteiger partial charge in [-0.15, -0.1) is 11.8 Å². The fourth-order valence-electron chi connectivity index (χ4n) is 9.08. The molecule has 5 fully saturated rings. The number of carbonyl (C=O) groups excluding carboxylic acids is 3. The molecule has 6 heteroatoms. The van der Waals surface area contributed by atoms with Gasteiger partial charge in [-0.2, -0.15) is 0 Å². The van der Waals surface area contributed by atoms with Gasteiger partial charge in [-0.05, 0) is 116 Å². The summed E-state index contributed by atoms with van der Waals surface area (Å²) in [6, 6.07) is 14.4. The molecule has 2 aromatic carbocycles. The van der Waals surface area contributed by atoms with Gasteiger partial charge in [0.1, 0.15) is 6.04 Å². The summed E-state index contributed by atoms with van der Waals surface area (Å²) in [4.78, 5) is 39.8. The zero-order valence-corrected chi connectivity index (χ0v) is 24.1. The lowest BCUT2D eigenvalue weighted by atomic mass is 9.48. The lowest BCUT2D eigenvalue weighted by molar-refractivity contribution is -0.136. The molecular formula is C34H40N2O3S. The number of fused-ring (bicyclic) bond motifs is 1. The minimum absolute atomic E-state index is 0.112. The van der Waals surface area contributed by atoms with Crippen molar-refractivity contribution in [2.24, 2.45) is 23.2 Å². The number of hydrogen-bond donors (Lipinski definition) is 1. The monoisotopic (exact) mass is 556 g/mol. The number of thioether (sulfide) groups is 1. The lowest BCUT2D eigenvalue weighted by Crippen LogP contribution is -2.52. The van der Waals surface area contributed by atoms with E-state index >= 15 is 0 Å². The zero-order valence-electron chi connectivity index (χ0n) is 23.3. The highest BCUT2D eigenvalue weighted by Gasteiger charge is 2.50. The van der Waals surface area contributed by atoms with Crippen molar-refractivity contribution in [3.8, 4) is 0 Å². The number of amides is 3. The van der Waals surface area contributed by atoms with Crippen LogP contribution in [0.1, 0.15) is 97.7 Å². The van der Waals surface area contributed by atoms with Crippen molar-refractivity contribution in [1.29, 1.82) is 0 Å². The second-order valence-corrected chi connectivity index (χ2v) is 14.4. The topological polar surface area (TPSA) is 66.5 Å². The Kier molecular flexibility index (Phi) is 7.01. The molecule has 1 saturated heterocycles. The first kappa shape index (κ1) is 26.3. The van der Waals surface area contributed by atoms with Gasteiger partial charge in [0.25, 0.3) is 5.91 Å². The van der Waals surface area contributed by atoms with E-state index in [2.05, 4.69) is 35.6 Å². The Hall–Kier alpha value is -2.60. The van der Waals surface area contributed by atoms with Gasteiger partial charge >= 0.3 is 0 Å². The van der Waals surface area contributed by atoms with Crippen LogP contribution < -0.4 is 5.32 Å². The largest absolute Gasteiger partial charge is 0.322 e. The van der Waals surface area contributed by atoms with Crippen LogP contribution in [0.25, 0.3) is 0 Å². The van der Waals surface area contributed by atoms with E-state index in [4.69, 9.17) is 0 Å². The Balaban J connectivity index is 0.909. The maximum Gasteiger partial charge on any atom is 0.255 e. The Morgan fingerprint density at radius 3 is 2.27 bits per heavy atom. The van der Waals surface area contributed by atoms with Crippen molar-refractivity contribution >= 4 is 29.5 Å². The van der Waals surface area contributed by atoms with Crippen LogP contribution in [0.3, 0.4) is 0 Å². The number of carbonyl (C=O) groups is 3. The van der Waals surface area contributed by atoms with Gasteiger partial charge in [-0.3, -0.25) is 19.7 Å². The summed E-state index contributed by atoms with van der Waals surface area (Å²) in [6.07, 6.45) is 15.1. The number of imide groups is 1. The van der Waals surface area contributed by atoms with Crippen molar-refractivity contribution in [1.82, 2.24) is 10.2 Å². The van der Waals surface area contributed by atoms with Crippen molar-refractivity contribution in [2.45, 2.75) is 100 Å². The molecule has 40 heavy (non-hydrogen) atoms. The predicted molar refractivity (Wildman–Crippen MR) is 157 cm³/mol. The van der Waals surface area contributed by atoms with Crippen molar-refractivity contribution in [3.63, 3.8) is 0 Å². The molecule has 210 valence electrons. The summed E-state index contributed by atoms with van der Waals surface area (Å²) in [5, 5.41) is 2.38. The van der Waals surface area contributed by atoms with Gasteiger partial charge < -0.3 is 4.90 Å². The molecular weight excluding hydrogens is 516 g/mol. The highest BCUT2D eigenvalue weighted by molar-refractivity contribution is 7.98. The van der Waals surface area contributed by atoms with Crippen molar-refractivity contribution in [3.05, 3.63) is 64.7 Å². The van der Waals surface area contributed by atoms with Crippen LogP contribution in [-0.2, 0) is 28.3 Å². The Morgan fingerprint density at radius 2 is 1.57 bits per heavy atom. The summed E-state index contributed by atoms with van der Waals surface area (Å²) in [5.41, 5.74) is 5.10. The summed E-state index contributed by atoms with van der Waals surface area (Å²) >= 11 is 1.75. The third-order valence-electron chi connectivity index (χ3n) is 10.5. The number of nitrogens with one attached hydrogen (secondary N) is 1. The van der Waals surface area contributed by atoms with E-state index in [1.165, 1.54) is 75.3 Å². The van der Waals surface area contributed by atoms with Gasteiger partial charge in [-0.1, -0.05) is 36.8 Å². The fourth-order valence-corrected chi connectivity index (χ4v) is 10.1. The highest BCUT2D eigenvalue weighted by atomic mass is 32.2. The average Bonchev–Trinajstić information content (AvgIpc) is 3.26. The molecule has 2 aromatic rings. The summed E-state index contributed by atoms with van der Waals surface area (Å²) in [5.74, 6) is 3.27. The summed E-state index contributed by atoms with van der Waals surface area (Å²) in [6.45, 7) is 0.422. The van der Waals surface area contributed by atoms with E-state index in [0.29, 0.717) is 23.9 Å². The normalized spacial score (nSPS) is 30.6. The van der Waals surface area contributed by atoms with E-state index in [9.17, 15) is 14.4 Å². The molecule has 5 nitrogen and oxygen atoms in total. The molecule has 4 aliphatic carbocycles. The molecule has 1 atom stereocenters. The van der Waals surface area contributed by atoms with E-state index < -0.39 is 6.04 Å². The maximum atomic E-state index is 13.1. The third-order valence-corrected chi connectivity index (χ3v) is 11.7. The molecule has 3 amide bonds. The van der Waals surface area contributed by atoms with Crippen molar-refractivity contribution in [2.75, 3.05) is 0 Å². The molecule has 4 saturated carbocycles. The fraction of sp³-hybridized carbons (Fsp3) is 0.559. The zero-order chi connectivity index (χ0) is 27.3. The Morgan fingerprint density at radius 1 is 0.875 bits per heavy atom. The molecule has 0 aromatic heterocycles. The number of aryl methyl sites for hydroxylation is 1. The molecule has 0 spiro atoms. The molecule has 6 aliphatic rings. The van der Waals surface area contributed by atoms with Crippen LogP contribution in [-0.4, -0.2) is 28.7 Å². The smallest absolute Gasteiger partial charge is 0.255 e. The van der Waals surface area contributed by atoms with Crippen LogP contribution >= 0.6 is 11.8 Å². The quantitative estimate of drug-likeness (QED) is 0.213. The standard InChI is InChI=1S/C34H40N2O3S/c37-31-12-11-29(32(38)35-31)36-20-28-27(33(36)39)5-3-6-30(28)40-21-23-9-7-22(8-10-23)4-1-2-13-34-17-24-14-25(18-34)16-26(15-24)19-34/h3,5-10,24-26,29H,1-2,4,11-21H2,(H,35,37,38). The highest BCUT2D eigenvalue weighted by Crippen LogP contribution is 2.61. The number of rotatable bonds is 9. The van der Waals surface area contributed by atoms with Gasteiger partial charge in [0.05, 0.1) is 0 Å². The molecule has 1 N–H and O–H groups in total. The van der Waals surface area contributed by atoms with Gasteiger partial charge in [0, 0.05) is 29.2 Å². The Bertz CT molecular complexity index is 1280. The van der Waals surface area contributed by atoms with E-state index in [-0.39, 0.29) is 24.1 Å². The van der Waals surface area contributed by atoms with Crippen molar-refractivity contribution < 1.29 is 14.4 Å². The third kappa shape index (κ3) is 5.13. The molecule has 2 aliphatic heterocycles. The molecule has 0 radical (unpaired) electrons. The Labute approximate surface area is 241 Å². The van der Waals surface area contributed by atoms with Crippen LogP contribution in [0.4, 0.5) is 0 Å². The lowest BCUT2D eigenvalue weighted by Gasteiger charge is -2.57. The van der Waals surface area contributed by atoms with E-state index in [1.54, 1.807) is 16.7 Å². The number of benzene rings is 2. The number of hydrogen-bond acceptors (Lipinski definition) is 4. The second-order valence-electron chi connectivity index (χ2n) is 13.4. The SMILES string of the molecule is O=C1CCC(N2Cc3c(SCc4ccc(CCCCC56CC7CC(CC(C7)C5)C6)cc4)cccc3C2=O)C(=O)N1. The predicted octanol–water partition coefficient (Wildman–Crippen LogP) is 6.67. The molecule has 4 bridgehead atoms. The van der Waals surface area contributed by atoms with E-state index in [1.807, 2.05) is 12.1 Å². The number of piperidine rings is 1. The summed E-state index contributed by atoms with van der Waals surface area (Å²) in [7, 11) is 0. The van der Waals surface area contributed by atoms with Gasteiger partial charge in [-0.25, -0.2) is 0 Å². The second kappa shape index (κ2) is 10.7. The maximum absolute atomic E-state index is 13.1. The van der Waals surface area contributed by atoms with Crippen LogP contribution in [0.5, 0.6) is 0 Å².